The molecule has 1 aromatic rings. The monoisotopic (exact) mass is 290 g/mol. The Kier molecular flexibility index (Phi) is 5.76. The van der Waals surface area contributed by atoms with E-state index in [0.29, 0.717) is 13.2 Å². The molecule has 21 heavy (non-hydrogen) atoms. The molecule has 1 aliphatic heterocycles. The van der Waals surface area contributed by atoms with Gasteiger partial charge in [-0.15, -0.1) is 0 Å². The van der Waals surface area contributed by atoms with E-state index >= 15 is 0 Å². The van der Waals surface area contributed by atoms with E-state index in [9.17, 15) is 4.79 Å². The molecule has 3 unspecified atom stereocenters. The molecule has 4 heteroatoms. The Hall–Kier alpha value is -1.39. The van der Waals surface area contributed by atoms with Gasteiger partial charge in [0.2, 0.25) is 5.91 Å². The van der Waals surface area contributed by atoms with Gasteiger partial charge in [-0.2, -0.15) is 0 Å². The minimum Gasteiger partial charge on any atom is -0.380 e. The van der Waals surface area contributed by atoms with Gasteiger partial charge >= 0.3 is 0 Å². The topological polar surface area (TPSA) is 41.6 Å². The highest BCUT2D eigenvalue weighted by atomic mass is 16.5. The Morgan fingerprint density at radius 1 is 1.29 bits per heavy atom. The molecule has 0 radical (unpaired) electrons. The lowest BCUT2D eigenvalue weighted by molar-refractivity contribution is -0.133. The predicted molar refractivity (Wildman–Crippen MR) is 83.8 cm³/mol. The quantitative estimate of drug-likeness (QED) is 0.839. The van der Waals surface area contributed by atoms with Crippen LogP contribution in [0.3, 0.4) is 0 Å². The van der Waals surface area contributed by atoms with Crippen LogP contribution in [0, 0.1) is 0 Å². The fourth-order valence-electron chi connectivity index (χ4n) is 2.92. The average Bonchev–Trinajstić information content (AvgIpc) is 2.83. The van der Waals surface area contributed by atoms with Crippen molar-refractivity contribution in [2.75, 3.05) is 13.2 Å². The number of benzene rings is 1. The maximum absolute atomic E-state index is 12.8. The Morgan fingerprint density at radius 3 is 2.62 bits per heavy atom. The lowest BCUT2D eigenvalue weighted by Crippen LogP contribution is -2.45. The van der Waals surface area contributed by atoms with Crippen molar-refractivity contribution < 1.29 is 9.53 Å². The van der Waals surface area contributed by atoms with Crippen LogP contribution in [0.1, 0.15) is 45.2 Å². The van der Waals surface area contributed by atoms with Gasteiger partial charge in [0, 0.05) is 6.61 Å². The summed E-state index contributed by atoms with van der Waals surface area (Å²) < 4.78 is 5.50. The number of carbonyl (C=O) groups excluding carboxylic acids is 1. The van der Waals surface area contributed by atoms with E-state index in [1.54, 1.807) is 0 Å². The summed E-state index contributed by atoms with van der Waals surface area (Å²) in [5.41, 5.74) is 1.04. The molecule has 1 fully saturated rings. The highest BCUT2D eigenvalue weighted by molar-refractivity contribution is 5.86. The number of hydrogen-bond acceptors (Lipinski definition) is 3. The second kappa shape index (κ2) is 7.57. The molecule has 116 valence electrons. The molecule has 0 spiro atoms. The van der Waals surface area contributed by atoms with Crippen molar-refractivity contribution in [2.45, 2.75) is 51.9 Å². The summed E-state index contributed by atoms with van der Waals surface area (Å²) in [6.07, 6.45) is 2.11. The van der Waals surface area contributed by atoms with Gasteiger partial charge in [0.1, 0.15) is 6.04 Å². The van der Waals surface area contributed by atoms with E-state index < -0.39 is 0 Å². The molecule has 4 nitrogen and oxygen atoms in total. The van der Waals surface area contributed by atoms with E-state index in [0.717, 1.165) is 18.4 Å². The number of amides is 1. The van der Waals surface area contributed by atoms with Crippen LogP contribution in [0.2, 0.25) is 0 Å². The molecule has 1 aliphatic rings. The number of carbonyl (C=O) groups is 1. The van der Waals surface area contributed by atoms with Gasteiger partial charge in [-0.1, -0.05) is 43.7 Å². The van der Waals surface area contributed by atoms with Crippen LogP contribution in [0.5, 0.6) is 0 Å². The molecular weight excluding hydrogens is 264 g/mol. The first kappa shape index (κ1) is 16.0. The maximum Gasteiger partial charge on any atom is 0.245 e. The van der Waals surface area contributed by atoms with Crippen molar-refractivity contribution in [3.8, 4) is 0 Å². The zero-order valence-electron chi connectivity index (χ0n) is 13.2. The minimum absolute atomic E-state index is 0.0928. The second-order valence-electron chi connectivity index (χ2n) is 5.57. The normalized spacial score (nSPS) is 23.6. The molecule has 0 aromatic heterocycles. The third kappa shape index (κ3) is 3.63. The zero-order chi connectivity index (χ0) is 15.2. The van der Waals surface area contributed by atoms with E-state index in [2.05, 4.69) is 19.2 Å². The summed E-state index contributed by atoms with van der Waals surface area (Å²) in [6.45, 7) is 7.46. The van der Waals surface area contributed by atoms with Crippen molar-refractivity contribution in [3.05, 3.63) is 35.9 Å². The summed E-state index contributed by atoms with van der Waals surface area (Å²) >= 11 is 0. The second-order valence-corrected chi connectivity index (χ2v) is 5.57. The van der Waals surface area contributed by atoms with Gasteiger partial charge in [0.25, 0.3) is 0 Å². The lowest BCUT2D eigenvalue weighted by Gasteiger charge is -2.30. The summed E-state index contributed by atoms with van der Waals surface area (Å²) in [7, 11) is 0. The molecule has 1 saturated heterocycles. The van der Waals surface area contributed by atoms with Crippen LogP contribution in [-0.2, 0) is 9.53 Å². The Morgan fingerprint density at radius 2 is 2.00 bits per heavy atom. The van der Waals surface area contributed by atoms with Gasteiger partial charge in [0.15, 0.2) is 0 Å². The molecular formula is C17H26N2O2. The first-order chi connectivity index (χ1) is 10.2. The summed E-state index contributed by atoms with van der Waals surface area (Å²) in [4.78, 5) is 14.8. The number of nitrogens with zero attached hydrogens (tertiary/aromatic N) is 1. The van der Waals surface area contributed by atoms with Crippen molar-refractivity contribution in [3.63, 3.8) is 0 Å². The fraction of sp³-hybridized carbons (Fsp3) is 0.588. The van der Waals surface area contributed by atoms with E-state index in [1.165, 1.54) is 0 Å². The van der Waals surface area contributed by atoms with Crippen LogP contribution >= 0.6 is 0 Å². The number of nitrogens with one attached hydrogen (secondary N) is 1. The van der Waals surface area contributed by atoms with Gasteiger partial charge in [-0.25, -0.2) is 0 Å². The van der Waals surface area contributed by atoms with Gasteiger partial charge < -0.3 is 9.64 Å². The smallest absolute Gasteiger partial charge is 0.245 e. The van der Waals surface area contributed by atoms with E-state index in [4.69, 9.17) is 4.74 Å². The molecule has 0 bridgehead atoms. The Balaban J connectivity index is 2.16. The fourth-order valence-corrected chi connectivity index (χ4v) is 2.92. The van der Waals surface area contributed by atoms with Gasteiger partial charge in [-0.05, 0) is 25.8 Å². The third-order valence-corrected chi connectivity index (χ3v) is 3.93. The Labute approximate surface area is 127 Å². The van der Waals surface area contributed by atoms with Crippen molar-refractivity contribution in [2.24, 2.45) is 0 Å². The lowest BCUT2D eigenvalue weighted by atomic mass is 10.1. The van der Waals surface area contributed by atoms with Gasteiger partial charge in [-0.3, -0.25) is 10.1 Å². The standard InChI is InChI=1S/C17H26N2O2/c1-4-9-15-18-16(14-10-7-6-8-11-14)17(20)19(15)13(3)12-21-5-2/h6-8,10-11,13,15-16,18H,4-5,9,12H2,1-3H3. The van der Waals surface area contributed by atoms with Crippen LogP contribution in [0.25, 0.3) is 0 Å². The first-order valence-electron chi connectivity index (χ1n) is 7.89. The summed E-state index contributed by atoms with van der Waals surface area (Å²) in [5, 5.41) is 3.49. The van der Waals surface area contributed by atoms with Gasteiger partial charge in [0.05, 0.1) is 18.8 Å². The van der Waals surface area contributed by atoms with Crippen LogP contribution in [0.15, 0.2) is 30.3 Å². The molecule has 0 saturated carbocycles. The molecule has 2 rings (SSSR count). The zero-order valence-corrected chi connectivity index (χ0v) is 13.2. The molecule has 0 aliphatic carbocycles. The summed E-state index contributed by atoms with van der Waals surface area (Å²) in [5.74, 6) is 0.159. The van der Waals surface area contributed by atoms with Crippen LogP contribution in [0.4, 0.5) is 0 Å². The van der Waals surface area contributed by atoms with E-state index in [1.807, 2.05) is 42.2 Å². The van der Waals surface area contributed by atoms with Crippen molar-refractivity contribution >= 4 is 5.91 Å². The molecule has 1 N–H and O–H groups in total. The van der Waals surface area contributed by atoms with Crippen LogP contribution in [-0.4, -0.2) is 36.2 Å². The highest BCUT2D eigenvalue weighted by Gasteiger charge is 2.41. The first-order valence-corrected chi connectivity index (χ1v) is 7.89. The third-order valence-electron chi connectivity index (χ3n) is 3.93. The van der Waals surface area contributed by atoms with Crippen molar-refractivity contribution in [1.29, 1.82) is 0 Å². The number of ether oxygens (including phenoxy) is 1. The average molecular weight is 290 g/mol. The molecule has 1 amide bonds. The Bertz CT molecular complexity index is 449. The summed E-state index contributed by atoms with van der Waals surface area (Å²) in [6, 6.07) is 9.81. The van der Waals surface area contributed by atoms with E-state index in [-0.39, 0.29) is 24.2 Å². The van der Waals surface area contributed by atoms with Crippen molar-refractivity contribution in [1.82, 2.24) is 10.2 Å². The molecule has 1 aromatic carbocycles. The minimum atomic E-state index is -0.230. The number of rotatable bonds is 7. The maximum atomic E-state index is 12.8. The highest BCUT2D eigenvalue weighted by Crippen LogP contribution is 2.27. The molecule has 3 atom stereocenters. The largest absolute Gasteiger partial charge is 0.380 e. The molecule has 1 heterocycles. The SMILES string of the molecule is CCCC1NC(c2ccccc2)C(=O)N1C(C)COCC. The number of hydrogen-bond donors (Lipinski definition) is 1. The van der Waals surface area contributed by atoms with Crippen LogP contribution < -0.4 is 5.32 Å². The predicted octanol–water partition coefficient (Wildman–Crippen LogP) is 2.71.